The van der Waals surface area contributed by atoms with Crippen molar-refractivity contribution in [2.75, 3.05) is 6.61 Å². The summed E-state index contributed by atoms with van der Waals surface area (Å²) in [4.78, 5) is 51.4. The first-order valence-corrected chi connectivity index (χ1v) is 11.0. The monoisotopic (exact) mass is 502 g/mol. The number of imidazole rings is 1. The molecule has 4 rings (SSSR count). The Labute approximate surface area is 202 Å². The van der Waals surface area contributed by atoms with Crippen LogP contribution in [-0.2, 0) is 25.4 Å². The number of rotatable bonds is 5. The number of fused-ring (bicyclic) bond motifs is 1. The maximum atomic E-state index is 13.4. The zero-order chi connectivity index (χ0) is 24.7. The average molecular weight is 503 g/mol. The number of benzene rings is 2. The van der Waals surface area contributed by atoms with Crippen molar-refractivity contribution in [2.24, 2.45) is 14.1 Å². The average Bonchev–Trinajstić information content (AvgIpc) is 3.03. The van der Waals surface area contributed by atoms with Crippen molar-refractivity contribution in [3.63, 3.8) is 0 Å². The fourth-order valence-corrected chi connectivity index (χ4v) is 4.14. The first kappa shape index (κ1) is 23.6. The predicted molar refractivity (Wildman–Crippen MR) is 130 cm³/mol. The van der Waals surface area contributed by atoms with Crippen molar-refractivity contribution in [1.29, 1.82) is 0 Å². The Hall–Kier alpha value is -3.56. The van der Waals surface area contributed by atoms with Gasteiger partial charge in [0.05, 0.1) is 39.9 Å². The highest BCUT2D eigenvalue weighted by molar-refractivity contribution is 6.42. The van der Waals surface area contributed by atoms with Crippen LogP contribution in [-0.4, -0.2) is 30.8 Å². The summed E-state index contributed by atoms with van der Waals surface area (Å²) in [6, 6.07) is 9.81. The number of aromatic nitrogens is 4. The molecule has 0 saturated carbocycles. The van der Waals surface area contributed by atoms with E-state index in [9.17, 15) is 19.2 Å². The van der Waals surface area contributed by atoms with E-state index in [-0.39, 0.29) is 34.5 Å². The van der Waals surface area contributed by atoms with Gasteiger partial charge in [0, 0.05) is 20.3 Å². The summed E-state index contributed by atoms with van der Waals surface area (Å²) in [5.41, 5.74) is -0.0385. The highest BCUT2D eigenvalue weighted by Gasteiger charge is 2.21. The second kappa shape index (κ2) is 9.00. The number of aryl methyl sites for hydroxylation is 2. The van der Waals surface area contributed by atoms with Gasteiger partial charge in [-0.2, -0.15) is 0 Å². The van der Waals surface area contributed by atoms with Crippen LogP contribution in [0, 0.1) is 0 Å². The van der Waals surface area contributed by atoms with Crippen LogP contribution in [0.5, 0.6) is 0 Å². The van der Waals surface area contributed by atoms with Gasteiger partial charge < -0.3 is 4.74 Å². The van der Waals surface area contributed by atoms with Gasteiger partial charge >= 0.3 is 17.3 Å². The molecule has 4 aromatic rings. The molecule has 11 heteroatoms. The predicted octanol–water partition coefficient (Wildman–Crippen LogP) is 2.72. The fourth-order valence-electron chi connectivity index (χ4n) is 3.76. The first-order chi connectivity index (χ1) is 16.1. The Morgan fingerprint density at radius 2 is 1.68 bits per heavy atom. The summed E-state index contributed by atoms with van der Waals surface area (Å²) in [7, 11) is 3.26. The van der Waals surface area contributed by atoms with Crippen molar-refractivity contribution < 1.29 is 9.53 Å². The number of ether oxygens (including phenoxy) is 1. The topological polar surface area (TPSA) is 97.2 Å². The normalized spacial score (nSPS) is 11.2. The lowest BCUT2D eigenvalue weighted by Crippen LogP contribution is -2.42. The summed E-state index contributed by atoms with van der Waals surface area (Å²) >= 11 is 12.4. The lowest BCUT2D eigenvalue weighted by Gasteiger charge is -2.14. The molecule has 2 heterocycles. The van der Waals surface area contributed by atoms with E-state index in [1.165, 1.54) is 13.7 Å². The zero-order valence-electron chi connectivity index (χ0n) is 18.5. The van der Waals surface area contributed by atoms with Gasteiger partial charge in [0.2, 0.25) is 0 Å². The van der Waals surface area contributed by atoms with E-state index in [0.717, 1.165) is 10.8 Å². The molecule has 0 radical (unpaired) electrons. The molecule has 0 bridgehead atoms. The minimum atomic E-state index is -0.861. The van der Waals surface area contributed by atoms with E-state index >= 15 is 0 Å². The molecule has 2 aromatic carbocycles. The molecule has 0 saturated heterocycles. The summed E-state index contributed by atoms with van der Waals surface area (Å²) < 4.78 is 10.0. The molecule has 0 fully saturated rings. The van der Waals surface area contributed by atoms with E-state index in [1.807, 2.05) is 0 Å². The number of carbonyl (C=O) groups is 1. The molecule has 0 aliphatic rings. The van der Waals surface area contributed by atoms with Gasteiger partial charge in [-0.3, -0.25) is 23.1 Å². The highest BCUT2D eigenvalue weighted by Crippen LogP contribution is 2.25. The van der Waals surface area contributed by atoms with Crippen LogP contribution in [0.2, 0.25) is 10.0 Å². The summed E-state index contributed by atoms with van der Waals surface area (Å²) in [6.45, 7) is 1.45. The van der Waals surface area contributed by atoms with Gasteiger partial charge in [0.25, 0.3) is 5.56 Å². The minimum absolute atomic E-state index is 0.0512. The second-order valence-corrected chi connectivity index (χ2v) is 8.38. The second-order valence-electron chi connectivity index (χ2n) is 7.59. The largest absolute Gasteiger partial charge is 0.462 e. The molecule has 0 N–H and O–H groups in total. The minimum Gasteiger partial charge on any atom is -0.462 e. The standard InChI is InChI=1S/C23H20Cl2N4O5/c1-4-34-21(31)15-12-28(14-8-9-17-18(10-14)27(3)22(32)26(17)2)23(33)29(20(15)30)11-13-6-5-7-16(24)19(13)25/h5-10,12H,4,11H2,1-3H3. The van der Waals surface area contributed by atoms with Gasteiger partial charge in [0.15, 0.2) is 0 Å². The van der Waals surface area contributed by atoms with Gasteiger partial charge in [0.1, 0.15) is 5.56 Å². The Morgan fingerprint density at radius 3 is 2.38 bits per heavy atom. The lowest BCUT2D eigenvalue weighted by molar-refractivity contribution is 0.0522. The van der Waals surface area contributed by atoms with Crippen LogP contribution in [0.1, 0.15) is 22.8 Å². The van der Waals surface area contributed by atoms with Crippen LogP contribution >= 0.6 is 23.2 Å². The Morgan fingerprint density at radius 1 is 0.971 bits per heavy atom. The van der Waals surface area contributed by atoms with E-state index in [4.69, 9.17) is 27.9 Å². The molecule has 0 unspecified atom stereocenters. The maximum absolute atomic E-state index is 13.4. The molecule has 34 heavy (non-hydrogen) atoms. The van der Waals surface area contributed by atoms with E-state index < -0.39 is 17.2 Å². The lowest BCUT2D eigenvalue weighted by atomic mass is 10.2. The van der Waals surface area contributed by atoms with Gasteiger partial charge in [-0.25, -0.2) is 14.4 Å². The van der Waals surface area contributed by atoms with Crippen molar-refractivity contribution >= 4 is 40.2 Å². The van der Waals surface area contributed by atoms with Crippen LogP contribution in [0.3, 0.4) is 0 Å². The first-order valence-electron chi connectivity index (χ1n) is 10.3. The van der Waals surface area contributed by atoms with Gasteiger partial charge in [-0.1, -0.05) is 35.3 Å². The van der Waals surface area contributed by atoms with Crippen molar-refractivity contribution in [3.8, 4) is 5.69 Å². The van der Waals surface area contributed by atoms with E-state index in [1.54, 1.807) is 57.4 Å². The number of carbonyl (C=O) groups excluding carboxylic acids is 1. The Kier molecular flexibility index (Phi) is 6.24. The van der Waals surface area contributed by atoms with Crippen molar-refractivity contribution in [1.82, 2.24) is 18.3 Å². The molecule has 9 nitrogen and oxygen atoms in total. The Balaban J connectivity index is 1.99. The molecule has 0 amide bonds. The van der Waals surface area contributed by atoms with Crippen molar-refractivity contribution in [3.05, 3.63) is 95.1 Å². The number of hydrogen-bond donors (Lipinski definition) is 0. The quantitative estimate of drug-likeness (QED) is 0.391. The third-order valence-corrected chi connectivity index (χ3v) is 6.42. The van der Waals surface area contributed by atoms with Crippen LogP contribution in [0.25, 0.3) is 16.7 Å². The van der Waals surface area contributed by atoms with Gasteiger partial charge in [-0.05, 0) is 36.8 Å². The number of halogens is 2. The number of esters is 1. The smallest absolute Gasteiger partial charge is 0.345 e. The van der Waals surface area contributed by atoms with Crippen LogP contribution < -0.4 is 16.9 Å². The van der Waals surface area contributed by atoms with Crippen LogP contribution in [0.4, 0.5) is 0 Å². The van der Waals surface area contributed by atoms with E-state index in [2.05, 4.69) is 0 Å². The summed E-state index contributed by atoms with van der Waals surface area (Å²) in [5.74, 6) is -0.861. The third-order valence-electron chi connectivity index (χ3n) is 5.56. The van der Waals surface area contributed by atoms with E-state index in [0.29, 0.717) is 22.3 Å². The third kappa shape index (κ3) is 3.86. The molecule has 0 aliphatic carbocycles. The molecule has 0 atom stereocenters. The summed E-state index contributed by atoms with van der Waals surface area (Å²) in [5, 5.41) is 0.466. The molecule has 0 spiro atoms. The number of hydrogen-bond acceptors (Lipinski definition) is 5. The Bertz CT molecular complexity index is 1630. The summed E-state index contributed by atoms with van der Waals surface area (Å²) in [6.07, 6.45) is 1.15. The SMILES string of the molecule is CCOC(=O)c1cn(-c2ccc3c(c2)n(C)c(=O)n3C)c(=O)n(Cc2cccc(Cl)c2Cl)c1=O. The molecular formula is C23H20Cl2N4O5. The molecular weight excluding hydrogens is 483 g/mol. The zero-order valence-corrected chi connectivity index (χ0v) is 20.1. The molecule has 0 aliphatic heterocycles. The maximum Gasteiger partial charge on any atom is 0.345 e. The number of nitrogens with zero attached hydrogens (tertiary/aromatic N) is 4. The highest BCUT2D eigenvalue weighted by atomic mass is 35.5. The molecule has 2 aromatic heterocycles. The van der Waals surface area contributed by atoms with Crippen molar-refractivity contribution in [2.45, 2.75) is 13.5 Å². The van der Waals surface area contributed by atoms with Crippen LogP contribution in [0.15, 0.2) is 57.0 Å². The fraction of sp³-hybridized carbons (Fsp3) is 0.217. The molecule has 176 valence electrons. The van der Waals surface area contributed by atoms with Gasteiger partial charge in [-0.15, -0.1) is 0 Å².